The molecule has 2 rings (SSSR count). The van der Waals surface area contributed by atoms with Gasteiger partial charge in [-0.15, -0.1) is 0 Å². The third kappa shape index (κ3) is 3.04. The number of benzene rings is 2. The van der Waals surface area contributed by atoms with E-state index >= 15 is 0 Å². The lowest BCUT2D eigenvalue weighted by Gasteiger charge is -2.32. The molecule has 20 heavy (non-hydrogen) atoms. The minimum Gasteiger partial charge on any atom is -0.395 e. The molecule has 0 saturated heterocycles. The van der Waals surface area contributed by atoms with E-state index in [2.05, 4.69) is 0 Å². The van der Waals surface area contributed by atoms with Crippen LogP contribution in [0.3, 0.4) is 0 Å². The van der Waals surface area contributed by atoms with Gasteiger partial charge in [0.25, 0.3) is 0 Å². The van der Waals surface area contributed by atoms with Crippen molar-refractivity contribution in [1.29, 1.82) is 0 Å². The van der Waals surface area contributed by atoms with E-state index in [1.54, 1.807) is 0 Å². The van der Waals surface area contributed by atoms with Gasteiger partial charge >= 0.3 is 0 Å². The molecule has 0 aliphatic carbocycles. The van der Waals surface area contributed by atoms with E-state index in [0.29, 0.717) is 18.0 Å². The van der Waals surface area contributed by atoms with Gasteiger partial charge < -0.3 is 10.8 Å². The number of nitrogens with two attached hydrogens (primary N) is 1. The average molecular weight is 290 g/mol. The van der Waals surface area contributed by atoms with Gasteiger partial charge in [0.1, 0.15) is 0 Å². The number of halogens is 1. The summed E-state index contributed by atoms with van der Waals surface area (Å²) in [5, 5.41) is 10.7. The molecule has 3 heteroatoms. The maximum Gasteiger partial charge on any atom is 0.0543 e. The second-order valence-electron chi connectivity index (χ2n) is 5.26. The van der Waals surface area contributed by atoms with Gasteiger partial charge in [0.05, 0.1) is 6.61 Å². The Morgan fingerprint density at radius 3 is 2.50 bits per heavy atom. The van der Waals surface area contributed by atoms with Crippen LogP contribution in [0.15, 0.2) is 48.5 Å². The number of hydrogen-bond donors (Lipinski definition) is 2. The zero-order chi connectivity index (χ0) is 14.6. The third-order valence-corrected chi connectivity index (χ3v) is 4.08. The van der Waals surface area contributed by atoms with E-state index in [4.69, 9.17) is 17.3 Å². The molecule has 0 aliphatic heterocycles. The van der Waals surface area contributed by atoms with Crippen LogP contribution in [0.2, 0.25) is 5.02 Å². The Kier molecular flexibility index (Phi) is 4.81. The summed E-state index contributed by atoms with van der Waals surface area (Å²) in [4.78, 5) is 0. The van der Waals surface area contributed by atoms with Crippen LogP contribution in [0.25, 0.3) is 0 Å². The number of aliphatic hydroxyl groups is 1. The summed E-state index contributed by atoms with van der Waals surface area (Å²) in [5.74, 6) is 0. The van der Waals surface area contributed by atoms with Crippen molar-refractivity contribution in [2.45, 2.75) is 18.8 Å². The van der Waals surface area contributed by atoms with Crippen LogP contribution in [0.4, 0.5) is 0 Å². The van der Waals surface area contributed by atoms with Crippen LogP contribution in [0.5, 0.6) is 0 Å². The van der Waals surface area contributed by atoms with E-state index in [9.17, 15) is 5.11 Å². The molecule has 0 spiro atoms. The van der Waals surface area contributed by atoms with Crippen LogP contribution >= 0.6 is 11.6 Å². The summed E-state index contributed by atoms with van der Waals surface area (Å²) in [7, 11) is 0. The van der Waals surface area contributed by atoms with Crippen LogP contribution in [-0.4, -0.2) is 18.3 Å². The average Bonchev–Trinajstić information content (AvgIpc) is 2.46. The predicted octanol–water partition coefficient (Wildman–Crippen LogP) is 3.08. The lowest BCUT2D eigenvalue weighted by atomic mass is 9.74. The Morgan fingerprint density at radius 2 is 1.90 bits per heavy atom. The standard InChI is InChI=1S/C17H20ClNO/c1-13-5-2-3-8-16(13)17(11-19,12-20)10-14-6-4-7-15(18)9-14/h2-9,20H,10-12,19H2,1H3. The highest BCUT2D eigenvalue weighted by Crippen LogP contribution is 2.30. The fourth-order valence-electron chi connectivity index (χ4n) is 2.69. The van der Waals surface area contributed by atoms with E-state index in [1.807, 2.05) is 55.5 Å². The molecule has 1 unspecified atom stereocenters. The molecule has 106 valence electrons. The van der Waals surface area contributed by atoms with E-state index in [1.165, 1.54) is 0 Å². The Balaban J connectivity index is 2.42. The highest BCUT2D eigenvalue weighted by molar-refractivity contribution is 6.30. The van der Waals surface area contributed by atoms with Crippen molar-refractivity contribution in [2.75, 3.05) is 13.2 Å². The van der Waals surface area contributed by atoms with Gasteiger partial charge in [0.2, 0.25) is 0 Å². The molecule has 3 N–H and O–H groups in total. The Morgan fingerprint density at radius 1 is 1.15 bits per heavy atom. The van der Waals surface area contributed by atoms with Crippen molar-refractivity contribution in [2.24, 2.45) is 5.73 Å². The first-order valence-electron chi connectivity index (χ1n) is 6.73. The van der Waals surface area contributed by atoms with Crippen molar-refractivity contribution >= 4 is 11.6 Å². The summed E-state index contributed by atoms with van der Waals surface area (Å²) < 4.78 is 0. The van der Waals surface area contributed by atoms with Crippen LogP contribution in [0.1, 0.15) is 16.7 Å². The van der Waals surface area contributed by atoms with Crippen molar-refractivity contribution < 1.29 is 5.11 Å². The second kappa shape index (κ2) is 6.40. The van der Waals surface area contributed by atoms with Gasteiger partial charge in [-0.1, -0.05) is 48.0 Å². The number of hydrogen-bond acceptors (Lipinski definition) is 2. The molecule has 0 aromatic heterocycles. The van der Waals surface area contributed by atoms with Gasteiger partial charge in [0.15, 0.2) is 0 Å². The third-order valence-electron chi connectivity index (χ3n) is 3.84. The summed E-state index contributed by atoms with van der Waals surface area (Å²) in [6.45, 7) is 2.45. The van der Waals surface area contributed by atoms with Gasteiger partial charge in [-0.05, 0) is 42.2 Å². The molecule has 0 radical (unpaired) electrons. The fourth-order valence-corrected chi connectivity index (χ4v) is 2.90. The first-order chi connectivity index (χ1) is 9.61. The zero-order valence-corrected chi connectivity index (χ0v) is 12.4. The lowest BCUT2D eigenvalue weighted by molar-refractivity contribution is 0.195. The highest BCUT2D eigenvalue weighted by atomic mass is 35.5. The topological polar surface area (TPSA) is 46.2 Å². The highest BCUT2D eigenvalue weighted by Gasteiger charge is 2.31. The van der Waals surface area contributed by atoms with Crippen molar-refractivity contribution in [3.63, 3.8) is 0 Å². The van der Waals surface area contributed by atoms with Gasteiger partial charge in [-0.2, -0.15) is 0 Å². The smallest absolute Gasteiger partial charge is 0.0543 e. The predicted molar refractivity (Wildman–Crippen MR) is 84.2 cm³/mol. The largest absolute Gasteiger partial charge is 0.395 e. The molecule has 2 aromatic carbocycles. The Hall–Kier alpha value is -1.35. The SMILES string of the molecule is Cc1ccccc1C(CN)(CO)Cc1cccc(Cl)c1. The monoisotopic (exact) mass is 289 g/mol. The van der Waals surface area contributed by atoms with Crippen molar-refractivity contribution in [3.05, 3.63) is 70.2 Å². The summed E-state index contributed by atoms with van der Waals surface area (Å²) >= 11 is 6.04. The molecule has 0 bridgehead atoms. The van der Waals surface area contributed by atoms with Gasteiger partial charge in [-0.3, -0.25) is 0 Å². The first kappa shape index (κ1) is 15.0. The maximum absolute atomic E-state index is 9.97. The number of rotatable bonds is 5. The molecule has 1 atom stereocenters. The van der Waals surface area contributed by atoms with Crippen molar-refractivity contribution in [1.82, 2.24) is 0 Å². The van der Waals surface area contributed by atoms with Crippen molar-refractivity contribution in [3.8, 4) is 0 Å². The summed E-state index contributed by atoms with van der Waals surface area (Å²) in [5.41, 5.74) is 8.88. The van der Waals surface area contributed by atoms with E-state index in [-0.39, 0.29) is 6.61 Å². The minimum atomic E-state index is -0.462. The number of aryl methyl sites for hydroxylation is 1. The first-order valence-corrected chi connectivity index (χ1v) is 7.10. The maximum atomic E-state index is 9.97. The second-order valence-corrected chi connectivity index (χ2v) is 5.70. The molecule has 0 saturated carbocycles. The Labute approximate surface area is 125 Å². The molecule has 0 fully saturated rings. The van der Waals surface area contributed by atoms with Crippen LogP contribution in [-0.2, 0) is 11.8 Å². The zero-order valence-electron chi connectivity index (χ0n) is 11.6. The quantitative estimate of drug-likeness (QED) is 0.888. The van der Waals surface area contributed by atoms with Gasteiger partial charge in [-0.25, -0.2) is 0 Å². The summed E-state index contributed by atoms with van der Waals surface area (Å²) in [6, 6.07) is 15.8. The molecule has 2 nitrogen and oxygen atoms in total. The normalized spacial score (nSPS) is 14.0. The molecule has 0 heterocycles. The molecule has 2 aromatic rings. The van der Waals surface area contributed by atoms with Crippen LogP contribution in [0, 0.1) is 6.92 Å². The Bertz CT molecular complexity index is 579. The molecular weight excluding hydrogens is 270 g/mol. The van der Waals surface area contributed by atoms with E-state index in [0.717, 1.165) is 16.7 Å². The minimum absolute atomic E-state index is 0.0147. The van der Waals surface area contributed by atoms with Gasteiger partial charge in [0, 0.05) is 17.0 Å². The molecule has 0 aliphatic rings. The van der Waals surface area contributed by atoms with E-state index < -0.39 is 5.41 Å². The lowest BCUT2D eigenvalue weighted by Crippen LogP contribution is -2.41. The number of aliphatic hydroxyl groups excluding tert-OH is 1. The van der Waals surface area contributed by atoms with Crippen LogP contribution < -0.4 is 5.73 Å². The molecular formula is C17H20ClNO. The fraction of sp³-hybridized carbons (Fsp3) is 0.294. The molecule has 0 amide bonds. The summed E-state index contributed by atoms with van der Waals surface area (Å²) in [6.07, 6.45) is 0.672.